The lowest BCUT2D eigenvalue weighted by Gasteiger charge is -2.16. The molecule has 0 fully saturated rings. The molecule has 0 saturated carbocycles. The average molecular weight is 558 g/mol. The van der Waals surface area contributed by atoms with Crippen LogP contribution in [0.4, 0.5) is 8.78 Å². The van der Waals surface area contributed by atoms with Crippen LogP contribution in [0, 0.1) is 11.3 Å². The van der Waals surface area contributed by atoms with Gasteiger partial charge in [0, 0.05) is 45.6 Å². The third-order valence-electron chi connectivity index (χ3n) is 4.40. The summed E-state index contributed by atoms with van der Waals surface area (Å²) in [6.45, 7) is -0.0430. The number of ether oxygens (including phenoxy) is 1. The highest BCUT2D eigenvalue weighted by molar-refractivity contribution is 14.1. The van der Waals surface area contributed by atoms with Crippen LogP contribution < -0.4 is 10.3 Å². The molecule has 0 N–H and O–H groups in total. The van der Waals surface area contributed by atoms with E-state index < -0.39 is 15.2 Å². The van der Waals surface area contributed by atoms with E-state index in [2.05, 4.69) is 15.0 Å². The Labute approximate surface area is 194 Å². The predicted molar refractivity (Wildman–Crippen MR) is 118 cm³/mol. The Morgan fingerprint density at radius 2 is 1.97 bits per heavy atom. The van der Waals surface area contributed by atoms with E-state index in [1.165, 1.54) is 30.1 Å². The van der Waals surface area contributed by atoms with Gasteiger partial charge in [-0.1, -0.05) is 11.6 Å². The van der Waals surface area contributed by atoms with Crippen molar-refractivity contribution in [2.75, 3.05) is 7.11 Å². The van der Waals surface area contributed by atoms with Gasteiger partial charge >= 0.3 is 3.93 Å². The standard InChI is InChI=1S/C20H15ClF2IN5O2/c1-31-18-16(26-4-5-27-18)10-29-11-28-17(20(22,23)24)15(19(29)30)3-2-12-6-13(9-25)8-14(21)7-12/h4-8,11H,2-3,10H2,1H3. The molecule has 0 atom stereocenters. The molecule has 0 aliphatic carbocycles. The summed E-state index contributed by atoms with van der Waals surface area (Å²) in [5, 5.41) is 9.45. The van der Waals surface area contributed by atoms with E-state index >= 15 is 0 Å². The second-order valence-electron chi connectivity index (χ2n) is 6.47. The smallest absolute Gasteiger partial charge is 0.338 e. The van der Waals surface area contributed by atoms with Gasteiger partial charge in [-0.15, -0.1) is 0 Å². The quantitative estimate of drug-likeness (QED) is 0.323. The predicted octanol–water partition coefficient (Wildman–Crippen LogP) is 3.88. The van der Waals surface area contributed by atoms with Crippen LogP contribution >= 0.6 is 34.2 Å². The van der Waals surface area contributed by atoms with E-state index in [1.54, 1.807) is 12.1 Å². The van der Waals surface area contributed by atoms with Gasteiger partial charge in [0.25, 0.3) is 5.56 Å². The maximum atomic E-state index is 14.2. The molecule has 0 radical (unpaired) electrons. The molecule has 2 heterocycles. The van der Waals surface area contributed by atoms with Crippen molar-refractivity contribution in [3.8, 4) is 11.9 Å². The van der Waals surface area contributed by atoms with E-state index in [1.807, 2.05) is 6.07 Å². The first-order chi connectivity index (χ1) is 14.7. The van der Waals surface area contributed by atoms with E-state index in [0.717, 1.165) is 28.9 Å². The molecule has 160 valence electrons. The van der Waals surface area contributed by atoms with Crippen LogP contribution in [-0.2, 0) is 23.3 Å². The van der Waals surface area contributed by atoms with Gasteiger partial charge in [-0.25, -0.2) is 9.97 Å². The molecule has 3 rings (SSSR count). The number of methoxy groups -OCH3 is 1. The fraction of sp³-hybridized carbons (Fsp3) is 0.250. The summed E-state index contributed by atoms with van der Waals surface area (Å²) in [5.74, 6) is 0.224. The number of benzene rings is 1. The van der Waals surface area contributed by atoms with Crippen LogP contribution in [0.15, 0.2) is 41.7 Å². The zero-order chi connectivity index (χ0) is 22.6. The number of hydrogen-bond donors (Lipinski definition) is 0. The van der Waals surface area contributed by atoms with Crippen molar-refractivity contribution >= 4 is 34.2 Å². The first-order valence-corrected chi connectivity index (χ1v) is 10.4. The van der Waals surface area contributed by atoms with Crippen LogP contribution in [0.3, 0.4) is 0 Å². The molecule has 0 aliphatic rings. The zero-order valence-corrected chi connectivity index (χ0v) is 19.1. The van der Waals surface area contributed by atoms with Gasteiger partial charge in [-0.2, -0.15) is 14.0 Å². The molecular weight excluding hydrogens is 543 g/mol. The van der Waals surface area contributed by atoms with Crippen molar-refractivity contribution in [1.29, 1.82) is 5.26 Å². The molecule has 0 unspecified atom stereocenters. The second kappa shape index (κ2) is 9.65. The van der Waals surface area contributed by atoms with Gasteiger partial charge in [0.1, 0.15) is 11.4 Å². The van der Waals surface area contributed by atoms with Crippen molar-refractivity contribution in [2.45, 2.75) is 23.3 Å². The van der Waals surface area contributed by atoms with Crippen LogP contribution in [0.2, 0.25) is 5.02 Å². The van der Waals surface area contributed by atoms with E-state index in [9.17, 15) is 13.6 Å². The zero-order valence-electron chi connectivity index (χ0n) is 16.1. The van der Waals surface area contributed by atoms with Gasteiger partial charge < -0.3 is 4.74 Å². The Balaban J connectivity index is 1.99. The molecule has 0 spiro atoms. The number of nitrogens with zero attached hydrogens (tertiary/aromatic N) is 5. The summed E-state index contributed by atoms with van der Waals surface area (Å²) in [6, 6.07) is 6.73. The van der Waals surface area contributed by atoms with E-state index in [-0.39, 0.29) is 30.8 Å². The minimum atomic E-state index is -3.33. The number of alkyl halides is 3. The van der Waals surface area contributed by atoms with Crippen LogP contribution in [0.5, 0.6) is 5.88 Å². The van der Waals surface area contributed by atoms with Crippen LogP contribution in [-0.4, -0.2) is 26.6 Å². The van der Waals surface area contributed by atoms with Crippen molar-refractivity contribution in [2.24, 2.45) is 0 Å². The number of nitriles is 1. The van der Waals surface area contributed by atoms with Crippen LogP contribution in [0.1, 0.15) is 28.1 Å². The third kappa shape index (κ3) is 5.54. The van der Waals surface area contributed by atoms with Gasteiger partial charge in [-0.05, 0) is 36.6 Å². The van der Waals surface area contributed by atoms with Crippen LogP contribution in [0.25, 0.3) is 0 Å². The average Bonchev–Trinajstić information content (AvgIpc) is 2.73. The van der Waals surface area contributed by atoms with Gasteiger partial charge in [0.2, 0.25) is 5.88 Å². The molecule has 31 heavy (non-hydrogen) atoms. The van der Waals surface area contributed by atoms with Crippen molar-refractivity contribution in [3.05, 3.63) is 80.4 Å². The largest absolute Gasteiger partial charge is 0.480 e. The summed E-state index contributed by atoms with van der Waals surface area (Å²) >= 11 is 6.97. The highest BCUT2D eigenvalue weighted by Gasteiger charge is 2.33. The molecule has 0 aliphatic heterocycles. The Morgan fingerprint density at radius 1 is 1.23 bits per heavy atom. The van der Waals surface area contributed by atoms with E-state index in [4.69, 9.17) is 21.6 Å². The number of aryl methyl sites for hydroxylation is 1. The SMILES string of the molecule is COc1nccnc1Cn1cnc(C(F)(F)I)c(CCc2cc(Cl)cc(C#N)c2)c1=O. The van der Waals surface area contributed by atoms with E-state index in [0.29, 0.717) is 21.8 Å². The summed E-state index contributed by atoms with van der Waals surface area (Å²) in [7, 11) is 1.42. The lowest BCUT2D eigenvalue weighted by Crippen LogP contribution is -2.30. The van der Waals surface area contributed by atoms with Crippen molar-refractivity contribution in [3.63, 3.8) is 0 Å². The number of aromatic nitrogens is 4. The second-order valence-corrected chi connectivity index (χ2v) is 8.27. The lowest BCUT2D eigenvalue weighted by molar-refractivity contribution is 0.120. The molecule has 1 aromatic carbocycles. The lowest BCUT2D eigenvalue weighted by atomic mass is 10.0. The molecule has 0 saturated heterocycles. The number of halogens is 4. The maximum Gasteiger partial charge on any atom is 0.338 e. The van der Waals surface area contributed by atoms with Crippen molar-refractivity contribution in [1.82, 2.24) is 19.5 Å². The minimum absolute atomic E-state index is 0.0105. The molecular formula is C20H15ClF2IN5O2. The number of hydrogen-bond acceptors (Lipinski definition) is 6. The summed E-state index contributed by atoms with van der Waals surface area (Å²) < 4.78 is 31.3. The minimum Gasteiger partial charge on any atom is -0.480 e. The van der Waals surface area contributed by atoms with Gasteiger partial charge in [0.05, 0.1) is 31.6 Å². The molecule has 2 aromatic heterocycles. The highest BCUT2D eigenvalue weighted by atomic mass is 127. The Kier molecular flexibility index (Phi) is 7.17. The van der Waals surface area contributed by atoms with Crippen molar-refractivity contribution < 1.29 is 13.5 Å². The normalized spacial score (nSPS) is 11.2. The summed E-state index contributed by atoms with van der Waals surface area (Å²) in [5.41, 5.74) is 0.0302. The summed E-state index contributed by atoms with van der Waals surface area (Å²) in [6.07, 6.45) is 4.16. The number of rotatable bonds is 7. The highest BCUT2D eigenvalue weighted by Crippen LogP contribution is 2.35. The Morgan fingerprint density at radius 3 is 2.65 bits per heavy atom. The molecule has 11 heteroatoms. The molecule has 0 amide bonds. The first-order valence-electron chi connectivity index (χ1n) is 8.92. The third-order valence-corrected chi connectivity index (χ3v) is 5.13. The summed E-state index contributed by atoms with van der Waals surface area (Å²) in [4.78, 5) is 25.1. The van der Waals surface area contributed by atoms with Gasteiger partial charge in [-0.3, -0.25) is 14.3 Å². The molecule has 3 aromatic rings. The molecule has 7 nitrogen and oxygen atoms in total. The fourth-order valence-corrected chi connectivity index (χ4v) is 3.76. The fourth-order valence-electron chi connectivity index (χ4n) is 3.04. The Bertz CT molecular complexity index is 1210. The molecule has 0 bridgehead atoms. The topological polar surface area (TPSA) is 93.7 Å². The first kappa shape index (κ1) is 23.0. The maximum absolute atomic E-state index is 14.2. The Hall–Kier alpha value is -2.65. The van der Waals surface area contributed by atoms with Gasteiger partial charge in [0.15, 0.2) is 0 Å². The monoisotopic (exact) mass is 557 g/mol.